The average Bonchev–Trinajstić information content (AvgIpc) is 2.15. The van der Waals surface area contributed by atoms with E-state index in [9.17, 15) is 13.6 Å². The van der Waals surface area contributed by atoms with Gasteiger partial charge in [-0.3, -0.25) is 4.79 Å². The number of carbonyl (C=O) groups is 1. The molecule has 0 fully saturated rings. The van der Waals surface area contributed by atoms with Crippen LogP contribution in [-0.2, 0) is 11.3 Å². The van der Waals surface area contributed by atoms with Crippen LogP contribution < -0.4 is 11.1 Å². The number of benzene rings is 1. The number of rotatable bonds is 4. The molecule has 0 aromatic heterocycles. The number of nitrogens with one attached hydrogen (secondary N) is 1. The summed E-state index contributed by atoms with van der Waals surface area (Å²) >= 11 is 0. The molecule has 0 radical (unpaired) electrons. The molecule has 1 aromatic carbocycles. The van der Waals surface area contributed by atoms with Crippen molar-refractivity contribution in [3.05, 3.63) is 35.4 Å². The Morgan fingerprint density at radius 1 is 1.50 bits per heavy atom. The molecular formula is C11H14F2N2O. The maximum atomic E-state index is 13.1. The van der Waals surface area contributed by atoms with E-state index in [1.165, 1.54) is 6.07 Å². The van der Waals surface area contributed by atoms with Crippen LogP contribution in [0, 0.1) is 11.6 Å². The van der Waals surface area contributed by atoms with Crippen LogP contribution in [0.1, 0.15) is 18.9 Å². The summed E-state index contributed by atoms with van der Waals surface area (Å²) in [5, 5.41) is 2.51. The molecule has 0 saturated carbocycles. The Hall–Kier alpha value is -1.49. The first-order valence-electron chi connectivity index (χ1n) is 4.95. The third-order valence-corrected chi connectivity index (χ3v) is 2.00. The van der Waals surface area contributed by atoms with Gasteiger partial charge < -0.3 is 11.1 Å². The first-order valence-corrected chi connectivity index (χ1v) is 4.95. The van der Waals surface area contributed by atoms with Gasteiger partial charge in [0, 0.05) is 30.6 Å². The van der Waals surface area contributed by atoms with Gasteiger partial charge in [0.2, 0.25) is 5.91 Å². The van der Waals surface area contributed by atoms with Crippen molar-refractivity contribution in [3.63, 3.8) is 0 Å². The van der Waals surface area contributed by atoms with E-state index in [-0.39, 0.29) is 30.5 Å². The third-order valence-electron chi connectivity index (χ3n) is 2.00. The van der Waals surface area contributed by atoms with Crippen molar-refractivity contribution in [2.24, 2.45) is 5.73 Å². The average molecular weight is 228 g/mol. The van der Waals surface area contributed by atoms with E-state index in [4.69, 9.17) is 5.73 Å². The summed E-state index contributed by atoms with van der Waals surface area (Å²) < 4.78 is 25.7. The molecule has 0 aliphatic heterocycles. The number of hydrogen-bond donors (Lipinski definition) is 2. The Morgan fingerprint density at radius 3 is 2.75 bits per heavy atom. The normalized spacial score (nSPS) is 12.2. The highest BCUT2D eigenvalue weighted by Crippen LogP contribution is 2.09. The van der Waals surface area contributed by atoms with Gasteiger partial charge in [-0.05, 0) is 13.0 Å². The van der Waals surface area contributed by atoms with Crippen molar-refractivity contribution in [3.8, 4) is 0 Å². The molecular weight excluding hydrogens is 214 g/mol. The summed E-state index contributed by atoms with van der Waals surface area (Å²) in [7, 11) is 0. The van der Waals surface area contributed by atoms with Gasteiger partial charge in [0.1, 0.15) is 11.6 Å². The first-order chi connectivity index (χ1) is 7.49. The Balaban J connectivity index is 2.51. The van der Waals surface area contributed by atoms with Crippen molar-refractivity contribution in [1.29, 1.82) is 0 Å². The van der Waals surface area contributed by atoms with E-state index in [0.717, 1.165) is 12.1 Å². The highest BCUT2D eigenvalue weighted by molar-refractivity contribution is 5.76. The molecule has 1 amide bonds. The van der Waals surface area contributed by atoms with Gasteiger partial charge in [0.15, 0.2) is 0 Å². The molecule has 88 valence electrons. The van der Waals surface area contributed by atoms with Crippen molar-refractivity contribution >= 4 is 5.91 Å². The zero-order valence-electron chi connectivity index (χ0n) is 8.97. The molecule has 1 aromatic rings. The Bertz CT molecular complexity index is 380. The Kier molecular flexibility index (Phi) is 4.37. The number of halogens is 2. The Labute approximate surface area is 92.6 Å². The standard InChI is InChI=1S/C11H14F2N2O/c1-7(14)4-11(16)15-6-8-2-3-9(12)5-10(8)13/h2-3,5,7H,4,6,14H2,1H3,(H,15,16). The second kappa shape index (κ2) is 5.55. The molecule has 3 N–H and O–H groups in total. The van der Waals surface area contributed by atoms with Gasteiger partial charge in [-0.2, -0.15) is 0 Å². The summed E-state index contributed by atoms with van der Waals surface area (Å²) in [6.07, 6.45) is 0.183. The van der Waals surface area contributed by atoms with Crippen LogP contribution in [0.5, 0.6) is 0 Å². The van der Waals surface area contributed by atoms with Crippen LogP contribution >= 0.6 is 0 Å². The minimum Gasteiger partial charge on any atom is -0.352 e. The lowest BCUT2D eigenvalue weighted by molar-refractivity contribution is -0.121. The largest absolute Gasteiger partial charge is 0.352 e. The molecule has 0 aliphatic rings. The summed E-state index contributed by atoms with van der Waals surface area (Å²) in [5.74, 6) is -1.55. The lowest BCUT2D eigenvalue weighted by Crippen LogP contribution is -2.29. The molecule has 1 rings (SSSR count). The summed E-state index contributed by atoms with van der Waals surface area (Å²) in [6.45, 7) is 1.75. The maximum Gasteiger partial charge on any atom is 0.221 e. The van der Waals surface area contributed by atoms with E-state index >= 15 is 0 Å². The van der Waals surface area contributed by atoms with Crippen LogP contribution in [0.3, 0.4) is 0 Å². The topological polar surface area (TPSA) is 55.1 Å². The summed E-state index contributed by atoms with van der Waals surface area (Å²) in [4.78, 5) is 11.2. The summed E-state index contributed by atoms with van der Waals surface area (Å²) in [5.41, 5.74) is 5.68. The van der Waals surface area contributed by atoms with Gasteiger partial charge in [-0.1, -0.05) is 6.07 Å². The molecule has 0 aliphatic carbocycles. The van der Waals surface area contributed by atoms with Gasteiger partial charge in [-0.15, -0.1) is 0 Å². The quantitative estimate of drug-likeness (QED) is 0.816. The maximum absolute atomic E-state index is 13.1. The number of carbonyl (C=O) groups excluding carboxylic acids is 1. The van der Waals surface area contributed by atoms with Gasteiger partial charge in [0.05, 0.1) is 0 Å². The monoisotopic (exact) mass is 228 g/mol. The number of hydrogen-bond acceptors (Lipinski definition) is 2. The fraction of sp³-hybridized carbons (Fsp3) is 0.364. The molecule has 1 unspecified atom stereocenters. The fourth-order valence-electron chi connectivity index (χ4n) is 1.22. The number of nitrogens with two attached hydrogens (primary N) is 1. The van der Waals surface area contributed by atoms with E-state index in [2.05, 4.69) is 5.32 Å². The van der Waals surface area contributed by atoms with Crippen molar-refractivity contribution in [1.82, 2.24) is 5.32 Å². The zero-order valence-corrected chi connectivity index (χ0v) is 8.97. The van der Waals surface area contributed by atoms with Crippen LogP contribution in [0.15, 0.2) is 18.2 Å². The highest BCUT2D eigenvalue weighted by Gasteiger charge is 2.07. The molecule has 0 saturated heterocycles. The lowest BCUT2D eigenvalue weighted by Gasteiger charge is -2.07. The van der Waals surface area contributed by atoms with Crippen LogP contribution in [0.4, 0.5) is 8.78 Å². The van der Waals surface area contributed by atoms with Gasteiger partial charge in [-0.25, -0.2) is 8.78 Å². The van der Waals surface area contributed by atoms with Crippen molar-refractivity contribution in [2.75, 3.05) is 0 Å². The van der Waals surface area contributed by atoms with Crippen LogP contribution in [-0.4, -0.2) is 11.9 Å². The minimum absolute atomic E-state index is 0.0394. The van der Waals surface area contributed by atoms with Crippen LogP contribution in [0.2, 0.25) is 0 Å². The SMILES string of the molecule is CC(N)CC(=O)NCc1ccc(F)cc1F. The molecule has 5 heteroatoms. The lowest BCUT2D eigenvalue weighted by atomic mass is 10.2. The second-order valence-electron chi connectivity index (χ2n) is 3.69. The van der Waals surface area contributed by atoms with E-state index < -0.39 is 11.6 Å². The fourth-order valence-corrected chi connectivity index (χ4v) is 1.22. The van der Waals surface area contributed by atoms with Crippen LogP contribution in [0.25, 0.3) is 0 Å². The minimum atomic E-state index is -0.666. The molecule has 0 bridgehead atoms. The molecule has 0 spiro atoms. The Morgan fingerprint density at radius 2 is 2.19 bits per heavy atom. The smallest absolute Gasteiger partial charge is 0.221 e. The summed E-state index contributed by atoms with van der Waals surface area (Å²) in [6, 6.07) is 3.00. The first kappa shape index (κ1) is 12.6. The zero-order chi connectivity index (χ0) is 12.1. The van der Waals surface area contributed by atoms with E-state index in [1.54, 1.807) is 6.92 Å². The molecule has 3 nitrogen and oxygen atoms in total. The molecule has 16 heavy (non-hydrogen) atoms. The molecule has 1 atom stereocenters. The van der Waals surface area contributed by atoms with Crippen molar-refractivity contribution in [2.45, 2.75) is 25.9 Å². The number of amides is 1. The van der Waals surface area contributed by atoms with Gasteiger partial charge >= 0.3 is 0 Å². The second-order valence-corrected chi connectivity index (χ2v) is 3.69. The predicted molar refractivity (Wildman–Crippen MR) is 56.5 cm³/mol. The van der Waals surface area contributed by atoms with Gasteiger partial charge in [0.25, 0.3) is 0 Å². The molecule has 0 heterocycles. The third kappa shape index (κ3) is 3.94. The van der Waals surface area contributed by atoms with E-state index in [0.29, 0.717) is 0 Å². The highest BCUT2D eigenvalue weighted by atomic mass is 19.1. The predicted octanol–water partition coefficient (Wildman–Crippen LogP) is 1.32. The van der Waals surface area contributed by atoms with E-state index in [1.807, 2.05) is 0 Å². The van der Waals surface area contributed by atoms with Crippen molar-refractivity contribution < 1.29 is 13.6 Å².